The molecule has 364 valence electrons. The molecule has 2 aliphatic carbocycles. The van der Waals surface area contributed by atoms with E-state index in [9.17, 15) is 46.2 Å². The highest BCUT2D eigenvalue weighted by Crippen LogP contribution is 2.52. The van der Waals surface area contributed by atoms with E-state index in [2.05, 4.69) is 20.6 Å². The molecule has 20 nitrogen and oxygen atoms in total. The Hall–Kier alpha value is -5.52. The van der Waals surface area contributed by atoms with Crippen LogP contribution in [-0.4, -0.2) is 114 Å². The molecule has 0 unspecified atom stereocenters. The summed E-state index contributed by atoms with van der Waals surface area (Å²) in [7, 11) is -4.84. The second-order valence-electron chi connectivity index (χ2n) is 18.8. The molecule has 8 heterocycles. The molecule has 2 saturated carbocycles. The molecule has 0 spiro atoms. The summed E-state index contributed by atoms with van der Waals surface area (Å²) in [6.07, 6.45) is 16.8. The maximum atomic E-state index is 13.8. The van der Waals surface area contributed by atoms with E-state index < -0.39 is 67.9 Å². The SMILES string of the molecule is C/C=C/c1ccc2n(c1=O)C[C@@H]1[C@@H](CO)[C@H](C(=O)NCC3CC3)[C@H]2N1S(=O)(=O)c1cn(C)cn1.C/C=C\c1ccc2n(c1=O)C[C@@H]1[C@@H](CO)[C@H](C(=O)NCC3CC3)[C@H]2N1S(=O)(=O)c1cn(C)cn1. The van der Waals surface area contributed by atoms with Crippen molar-refractivity contribution in [2.45, 2.75) is 86.8 Å². The van der Waals surface area contributed by atoms with Crippen molar-refractivity contribution in [1.82, 2.24) is 47.5 Å². The number of aryl methyl sites for hydroxylation is 2. The number of hydrogen-bond donors (Lipinski definition) is 4. The van der Waals surface area contributed by atoms with Crippen molar-refractivity contribution >= 4 is 44.0 Å². The molecule has 68 heavy (non-hydrogen) atoms. The van der Waals surface area contributed by atoms with Crippen LogP contribution in [0.1, 0.15) is 74.1 Å². The normalized spacial score (nSPS) is 26.7. The second-order valence-corrected chi connectivity index (χ2v) is 22.4. The number of aromatic nitrogens is 6. The van der Waals surface area contributed by atoms with Crippen LogP contribution >= 0.6 is 0 Å². The Morgan fingerprint density at radius 1 is 0.662 bits per heavy atom. The van der Waals surface area contributed by atoms with Gasteiger partial charge in [0.25, 0.3) is 31.2 Å². The van der Waals surface area contributed by atoms with E-state index >= 15 is 0 Å². The molecule has 22 heteroatoms. The summed E-state index contributed by atoms with van der Waals surface area (Å²) in [5.74, 6) is -2.66. The topological polar surface area (TPSA) is 253 Å². The van der Waals surface area contributed by atoms with Gasteiger partial charge in [0.2, 0.25) is 11.8 Å². The Kier molecular flexibility index (Phi) is 12.9. The van der Waals surface area contributed by atoms with Crippen LogP contribution in [0.15, 0.2) is 81.1 Å². The Labute approximate surface area is 394 Å². The van der Waals surface area contributed by atoms with Gasteiger partial charge in [0, 0.05) is 112 Å². The van der Waals surface area contributed by atoms with Gasteiger partial charge in [0.15, 0.2) is 10.1 Å². The Morgan fingerprint density at radius 3 is 1.35 bits per heavy atom. The lowest BCUT2D eigenvalue weighted by Gasteiger charge is -2.36. The zero-order valence-corrected chi connectivity index (χ0v) is 40.0. The van der Waals surface area contributed by atoms with Gasteiger partial charge in [-0.3, -0.25) is 19.2 Å². The highest BCUT2D eigenvalue weighted by molar-refractivity contribution is 7.89. The summed E-state index contributed by atoms with van der Waals surface area (Å²) >= 11 is 0. The number of nitrogens with zero attached hydrogens (tertiary/aromatic N) is 8. The van der Waals surface area contributed by atoms with Crippen molar-refractivity contribution in [3.05, 3.63) is 105 Å². The summed E-state index contributed by atoms with van der Waals surface area (Å²) in [5, 5.41) is 26.4. The van der Waals surface area contributed by atoms with Crippen molar-refractivity contribution in [3.8, 4) is 0 Å². The quantitative estimate of drug-likeness (QED) is 0.138. The molecule has 2 amide bonds. The lowest BCUT2D eigenvalue weighted by molar-refractivity contribution is -0.128. The molecule has 4 aliphatic heterocycles. The van der Waals surface area contributed by atoms with E-state index in [0.29, 0.717) is 47.4 Å². The number of imidazole rings is 2. The number of pyridine rings is 2. The van der Waals surface area contributed by atoms with Crippen LogP contribution in [0.4, 0.5) is 0 Å². The number of nitrogens with one attached hydrogen (secondary N) is 2. The average Bonchev–Trinajstić information content (AvgIpc) is 4.19. The van der Waals surface area contributed by atoms with Crippen LogP contribution < -0.4 is 21.8 Å². The van der Waals surface area contributed by atoms with E-state index in [4.69, 9.17) is 0 Å². The first-order valence-electron chi connectivity index (χ1n) is 23.1. The van der Waals surface area contributed by atoms with E-state index in [1.807, 2.05) is 13.8 Å². The number of carbonyl (C=O) groups excluding carboxylic acids is 2. The molecule has 6 aliphatic rings. The molecule has 2 saturated heterocycles. The van der Waals surface area contributed by atoms with Gasteiger partial charge in [0.05, 0.1) is 36.6 Å². The predicted molar refractivity (Wildman–Crippen MR) is 248 cm³/mol. The smallest absolute Gasteiger partial charge is 0.263 e. The Balaban J connectivity index is 0.000000170. The maximum absolute atomic E-state index is 13.8. The molecular weight excluding hydrogens is 917 g/mol. The molecule has 8 atom stereocenters. The van der Waals surface area contributed by atoms with Gasteiger partial charge >= 0.3 is 0 Å². The van der Waals surface area contributed by atoms with Crippen LogP contribution in [0, 0.1) is 35.5 Å². The van der Waals surface area contributed by atoms with E-state index in [-0.39, 0.29) is 59.3 Å². The van der Waals surface area contributed by atoms with E-state index in [0.717, 1.165) is 25.7 Å². The molecular formula is C46H58N10O10S2. The van der Waals surface area contributed by atoms with Crippen molar-refractivity contribution in [1.29, 1.82) is 0 Å². The molecule has 4 fully saturated rings. The highest BCUT2D eigenvalue weighted by atomic mass is 32.2. The zero-order chi connectivity index (χ0) is 48.4. The number of aliphatic hydroxyl groups excluding tert-OH is 2. The number of aliphatic hydroxyl groups is 2. The first-order chi connectivity index (χ1) is 32.5. The van der Waals surface area contributed by atoms with Crippen LogP contribution in [0.2, 0.25) is 0 Å². The third-order valence-corrected chi connectivity index (χ3v) is 17.9. The van der Waals surface area contributed by atoms with Crippen LogP contribution in [-0.2, 0) is 56.8 Å². The van der Waals surface area contributed by atoms with E-state index in [1.54, 1.807) is 80.9 Å². The predicted octanol–water partition coefficient (Wildman–Crippen LogP) is 0.987. The largest absolute Gasteiger partial charge is 0.396 e. The van der Waals surface area contributed by atoms with Crippen molar-refractivity contribution in [2.75, 3.05) is 26.3 Å². The van der Waals surface area contributed by atoms with Crippen molar-refractivity contribution in [3.63, 3.8) is 0 Å². The van der Waals surface area contributed by atoms with E-state index in [1.165, 1.54) is 33.7 Å². The van der Waals surface area contributed by atoms with Gasteiger partial charge in [0.1, 0.15) is 0 Å². The lowest BCUT2D eigenvalue weighted by atomic mass is 9.86. The van der Waals surface area contributed by atoms with Gasteiger partial charge in [-0.1, -0.05) is 24.3 Å². The first-order valence-corrected chi connectivity index (χ1v) is 26.0. The molecule has 10 rings (SSSR count). The average molecular weight is 975 g/mol. The number of allylic oxidation sites excluding steroid dienone is 2. The zero-order valence-electron chi connectivity index (χ0n) is 38.3. The Bertz CT molecular complexity index is 2820. The maximum Gasteiger partial charge on any atom is 0.263 e. The van der Waals surface area contributed by atoms with Crippen LogP contribution in [0.3, 0.4) is 0 Å². The summed E-state index contributed by atoms with van der Waals surface area (Å²) in [6.45, 7) is 4.06. The summed E-state index contributed by atoms with van der Waals surface area (Å²) < 4.78 is 63.9. The first kappa shape index (κ1) is 47.5. The van der Waals surface area contributed by atoms with Crippen LogP contribution in [0.5, 0.6) is 0 Å². The fourth-order valence-electron chi connectivity index (χ4n) is 10.6. The third-order valence-electron chi connectivity index (χ3n) is 14.3. The fraction of sp³-hybridized carbons (Fsp3) is 0.522. The minimum Gasteiger partial charge on any atom is -0.396 e. The lowest BCUT2D eigenvalue weighted by Crippen LogP contribution is -2.49. The van der Waals surface area contributed by atoms with Crippen LogP contribution in [0.25, 0.3) is 12.2 Å². The minimum atomic E-state index is -4.10. The number of rotatable bonds is 14. The van der Waals surface area contributed by atoms with Crippen molar-refractivity contribution < 1.29 is 36.6 Å². The summed E-state index contributed by atoms with van der Waals surface area (Å²) in [6, 6.07) is 3.40. The fourth-order valence-corrected chi connectivity index (χ4v) is 14.3. The minimum absolute atomic E-state index is 0.0553. The molecule has 0 aromatic carbocycles. The second kappa shape index (κ2) is 18.4. The summed E-state index contributed by atoms with van der Waals surface area (Å²) in [4.78, 5) is 61.3. The number of carbonyl (C=O) groups is 2. The molecule has 4 bridgehead atoms. The summed E-state index contributed by atoms with van der Waals surface area (Å²) in [5.41, 5.74) is 1.41. The molecule has 4 aromatic heterocycles. The monoisotopic (exact) mass is 974 g/mol. The molecule has 4 N–H and O–H groups in total. The Morgan fingerprint density at radius 2 is 1.04 bits per heavy atom. The van der Waals surface area contributed by atoms with Gasteiger partial charge < -0.3 is 39.1 Å². The van der Waals surface area contributed by atoms with Gasteiger partial charge in [-0.2, -0.15) is 8.61 Å². The third kappa shape index (κ3) is 8.31. The number of hydrogen-bond acceptors (Lipinski definition) is 12. The van der Waals surface area contributed by atoms with Crippen molar-refractivity contribution in [2.24, 2.45) is 49.6 Å². The van der Waals surface area contributed by atoms with Gasteiger partial charge in [-0.15, -0.1) is 0 Å². The van der Waals surface area contributed by atoms with Gasteiger partial charge in [-0.25, -0.2) is 26.8 Å². The molecule has 4 aromatic rings. The number of amides is 2. The molecule has 0 radical (unpaired) electrons. The number of fused-ring (bicyclic) bond motifs is 8. The highest BCUT2D eigenvalue weighted by Gasteiger charge is 2.62. The van der Waals surface area contributed by atoms with Gasteiger partial charge in [-0.05, 0) is 75.6 Å². The standard InChI is InChI=1S/2C23H29N5O5S/c2*1-3-4-15-7-8-17-21-20(22(30)24-9-14-5-6-14)16(12-29)18(10-27(17)23(15)31)28(21)34(32,33)19-11-26(2)13-25-19/h2*3-4,7-8,11,13-14,16,18,20-21,29H,5-6,9-10,12H2,1-2H3,(H,24,30)/b4-3+;4-3-/t2*16-,18-,20+,21+/m11/s1. The number of sulfonamides is 2.